The van der Waals surface area contributed by atoms with E-state index in [-0.39, 0.29) is 12.5 Å². The summed E-state index contributed by atoms with van der Waals surface area (Å²) in [7, 11) is 0. The van der Waals surface area contributed by atoms with E-state index < -0.39 is 17.8 Å². The van der Waals surface area contributed by atoms with Crippen molar-refractivity contribution in [2.24, 2.45) is 0 Å². The fraction of sp³-hybridized carbons (Fsp3) is 0.214. The van der Waals surface area contributed by atoms with Crippen molar-refractivity contribution < 1.29 is 23.1 Å². The van der Waals surface area contributed by atoms with Gasteiger partial charge in [0.05, 0.1) is 16.5 Å². The number of carbonyl (C=O) groups is 1. The molecule has 1 heterocycles. The fourth-order valence-corrected chi connectivity index (χ4v) is 3.06. The number of alkyl halides is 3. The van der Waals surface area contributed by atoms with Crippen LogP contribution in [0.2, 0.25) is 0 Å². The monoisotopic (exact) mass is 393 g/mol. The van der Waals surface area contributed by atoms with Gasteiger partial charge in [-0.05, 0) is 39.7 Å². The number of carbonyl (C=O) groups excluding carboxylic acids is 1. The van der Waals surface area contributed by atoms with E-state index in [1.54, 1.807) is 11.4 Å². The standard InChI is InChI=1S/C14H11BrF3NO2S/c15-10-5-12(22-7-10)13(21)19-6-11(20)8-1-3-9(4-2-8)14(16,17)18/h1-5,7,11,20H,6H2,(H,19,21)/t11-/m0/s1. The van der Waals surface area contributed by atoms with Crippen LogP contribution in [0.3, 0.4) is 0 Å². The molecule has 0 fully saturated rings. The summed E-state index contributed by atoms with van der Waals surface area (Å²) >= 11 is 4.47. The molecule has 1 aromatic heterocycles. The van der Waals surface area contributed by atoms with Crippen LogP contribution in [-0.2, 0) is 6.18 Å². The number of hydrogen-bond acceptors (Lipinski definition) is 3. The second kappa shape index (κ2) is 6.80. The van der Waals surface area contributed by atoms with Gasteiger partial charge in [0, 0.05) is 16.4 Å². The molecule has 0 bridgehead atoms. The number of rotatable bonds is 4. The highest BCUT2D eigenvalue weighted by Gasteiger charge is 2.30. The smallest absolute Gasteiger partial charge is 0.387 e. The van der Waals surface area contributed by atoms with Crippen LogP contribution >= 0.6 is 27.3 Å². The molecular formula is C14H11BrF3NO2S. The summed E-state index contributed by atoms with van der Waals surface area (Å²) in [4.78, 5) is 12.3. The van der Waals surface area contributed by atoms with Gasteiger partial charge in [0.25, 0.3) is 5.91 Å². The highest BCUT2D eigenvalue weighted by molar-refractivity contribution is 9.10. The molecule has 0 aliphatic rings. The maximum Gasteiger partial charge on any atom is 0.416 e. The van der Waals surface area contributed by atoms with Crippen molar-refractivity contribution in [2.75, 3.05) is 6.54 Å². The normalized spacial score (nSPS) is 13.0. The Morgan fingerprint density at radius 3 is 2.45 bits per heavy atom. The van der Waals surface area contributed by atoms with E-state index in [2.05, 4.69) is 21.2 Å². The lowest BCUT2D eigenvalue weighted by Gasteiger charge is -2.13. The zero-order chi connectivity index (χ0) is 16.3. The zero-order valence-electron chi connectivity index (χ0n) is 11.0. The Bertz CT molecular complexity index is 655. The predicted molar refractivity (Wildman–Crippen MR) is 80.8 cm³/mol. The minimum absolute atomic E-state index is 0.0836. The number of benzene rings is 1. The number of hydrogen-bond donors (Lipinski definition) is 2. The lowest BCUT2D eigenvalue weighted by molar-refractivity contribution is -0.137. The van der Waals surface area contributed by atoms with Crippen LogP contribution in [0, 0.1) is 0 Å². The summed E-state index contributed by atoms with van der Waals surface area (Å²) in [6.07, 6.45) is -5.49. The Hall–Kier alpha value is -1.38. The van der Waals surface area contributed by atoms with E-state index in [1.807, 2.05) is 0 Å². The molecule has 3 nitrogen and oxygen atoms in total. The van der Waals surface area contributed by atoms with Crippen LogP contribution in [0.4, 0.5) is 13.2 Å². The van der Waals surface area contributed by atoms with E-state index in [1.165, 1.54) is 23.5 Å². The van der Waals surface area contributed by atoms with Gasteiger partial charge in [-0.2, -0.15) is 13.2 Å². The molecule has 1 aromatic carbocycles. The maximum absolute atomic E-state index is 12.4. The van der Waals surface area contributed by atoms with E-state index in [9.17, 15) is 23.1 Å². The Labute approximate surface area is 136 Å². The largest absolute Gasteiger partial charge is 0.416 e. The Morgan fingerprint density at radius 2 is 1.95 bits per heavy atom. The molecule has 0 radical (unpaired) electrons. The highest BCUT2D eigenvalue weighted by Crippen LogP contribution is 2.29. The lowest BCUT2D eigenvalue weighted by Crippen LogP contribution is -2.27. The summed E-state index contributed by atoms with van der Waals surface area (Å²) < 4.78 is 38.1. The number of halogens is 4. The first kappa shape index (κ1) is 17.0. The maximum atomic E-state index is 12.4. The molecular weight excluding hydrogens is 383 g/mol. The second-order valence-corrected chi connectivity index (χ2v) is 6.30. The Balaban J connectivity index is 1.95. The van der Waals surface area contributed by atoms with Crippen molar-refractivity contribution >= 4 is 33.2 Å². The SMILES string of the molecule is O=C(NC[C@H](O)c1ccc(C(F)(F)F)cc1)c1cc(Br)cs1. The third-order valence-electron chi connectivity index (χ3n) is 2.87. The van der Waals surface area contributed by atoms with E-state index in [0.29, 0.717) is 10.4 Å². The molecule has 0 saturated heterocycles. The number of nitrogens with one attached hydrogen (secondary N) is 1. The van der Waals surface area contributed by atoms with Crippen LogP contribution in [0.25, 0.3) is 0 Å². The van der Waals surface area contributed by atoms with Gasteiger partial charge in [0.2, 0.25) is 0 Å². The van der Waals surface area contributed by atoms with Gasteiger partial charge >= 0.3 is 6.18 Å². The predicted octanol–water partition coefficient (Wildman–Crippen LogP) is 3.99. The Morgan fingerprint density at radius 1 is 1.32 bits per heavy atom. The second-order valence-electron chi connectivity index (χ2n) is 4.47. The summed E-state index contributed by atoms with van der Waals surface area (Å²) in [6.45, 7) is -0.0836. The first-order chi connectivity index (χ1) is 10.3. The van der Waals surface area contributed by atoms with E-state index in [4.69, 9.17) is 0 Å². The lowest BCUT2D eigenvalue weighted by atomic mass is 10.1. The molecule has 0 saturated carbocycles. The van der Waals surface area contributed by atoms with Gasteiger partial charge in [0.1, 0.15) is 0 Å². The van der Waals surface area contributed by atoms with Crippen molar-refractivity contribution in [3.8, 4) is 0 Å². The average molecular weight is 394 g/mol. The topological polar surface area (TPSA) is 49.3 Å². The van der Waals surface area contributed by atoms with Gasteiger partial charge in [-0.15, -0.1) is 11.3 Å². The van der Waals surface area contributed by atoms with Gasteiger partial charge in [-0.3, -0.25) is 4.79 Å². The molecule has 8 heteroatoms. The van der Waals surface area contributed by atoms with Crippen LogP contribution in [0.15, 0.2) is 40.2 Å². The van der Waals surface area contributed by atoms with Crippen molar-refractivity contribution in [1.29, 1.82) is 0 Å². The molecule has 1 atom stereocenters. The average Bonchev–Trinajstić information content (AvgIpc) is 2.90. The van der Waals surface area contributed by atoms with Crippen molar-refractivity contribution in [1.82, 2.24) is 5.32 Å². The van der Waals surface area contributed by atoms with Crippen molar-refractivity contribution in [2.45, 2.75) is 12.3 Å². The van der Waals surface area contributed by atoms with Crippen molar-refractivity contribution in [3.05, 3.63) is 56.2 Å². The summed E-state index contributed by atoms with van der Waals surface area (Å²) in [5, 5.41) is 14.2. The molecule has 0 spiro atoms. The highest BCUT2D eigenvalue weighted by atomic mass is 79.9. The summed E-state index contributed by atoms with van der Waals surface area (Å²) in [5.41, 5.74) is -0.475. The summed E-state index contributed by atoms with van der Waals surface area (Å²) in [5.74, 6) is -0.346. The molecule has 0 aliphatic heterocycles. The quantitative estimate of drug-likeness (QED) is 0.824. The molecule has 22 heavy (non-hydrogen) atoms. The number of aliphatic hydroxyl groups excluding tert-OH is 1. The van der Waals surface area contributed by atoms with Crippen LogP contribution < -0.4 is 5.32 Å². The van der Waals surface area contributed by atoms with Crippen molar-refractivity contribution in [3.63, 3.8) is 0 Å². The number of aliphatic hydroxyl groups is 1. The molecule has 0 unspecified atom stereocenters. The van der Waals surface area contributed by atoms with Crippen LogP contribution in [0.1, 0.15) is 26.9 Å². The number of amides is 1. The van der Waals surface area contributed by atoms with Gasteiger partial charge < -0.3 is 10.4 Å². The van der Waals surface area contributed by atoms with E-state index >= 15 is 0 Å². The molecule has 2 N–H and O–H groups in total. The molecule has 1 amide bonds. The third kappa shape index (κ3) is 4.31. The minimum atomic E-state index is -4.41. The van der Waals surface area contributed by atoms with Gasteiger partial charge in [-0.1, -0.05) is 12.1 Å². The first-order valence-electron chi connectivity index (χ1n) is 6.15. The Kier molecular flexibility index (Phi) is 5.25. The molecule has 0 aliphatic carbocycles. The zero-order valence-corrected chi connectivity index (χ0v) is 13.4. The van der Waals surface area contributed by atoms with Gasteiger partial charge in [0.15, 0.2) is 0 Å². The fourth-order valence-electron chi connectivity index (χ4n) is 1.72. The van der Waals surface area contributed by atoms with Gasteiger partial charge in [-0.25, -0.2) is 0 Å². The van der Waals surface area contributed by atoms with Crippen LogP contribution in [0.5, 0.6) is 0 Å². The van der Waals surface area contributed by atoms with E-state index in [0.717, 1.165) is 16.6 Å². The molecule has 118 valence electrons. The molecule has 2 rings (SSSR count). The first-order valence-corrected chi connectivity index (χ1v) is 7.82. The summed E-state index contributed by atoms with van der Waals surface area (Å²) in [6, 6.07) is 5.83. The molecule has 2 aromatic rings. The third-order valence-corrected chi connectivity index (χ3v) is 4.56. The minimum Gasteiger partial charge on any atom is -0.387 e. The van der Waals surface area contributed by atoms with Crippen LogP contribution in [-0.4, -0.2) is 17.6 Å². The number of thiophene rings is 1.